The number of carbonyl (C=O) groups excluding carboxylic acids is 2. The molecule has 0 radical (unpaired) electrons. The van der Waals surface area contributed by atoms with Gasteiger partial charge in [0.25, 0.3) is 0 Å². The Kier molecular flexibility index (Phi) is 8.67. The van der Waals surface area contributed by atoms with Gasteiger partial charge in [0.05, 0.1) is 34.2 Å². The van der Waals surface area contributed by atoms with Crippen molar-refractivity contribution < 1.29 is 28.5 Å². The second-order valence-electron chi connectivity index (χ2n) is 6.01. The van der Waals surface area contributed by atoms with E-state index < -0.39 is 5.97 Å². The summed E-state index contributed by atoms with van der Waals surface area (Å²) >= 11 is 1.39. The lowest BCUT2D eigenvalue weighted by Crippen LogP contribution is -2.36. The average molecular weight is 419 g/mol. The Morgan fingerprint density at radius 3 is 1.97 bits per heavy atom. The van der Waals surface area contributed by atoms with Crippen LogP contribution in [0.3, 0.4) is 0 Å². The third-order valence-electron chi connectivity index (χ3n) is 4.11. The third-order valence-corrected chi connectivity index (χ3v) is 5.10. The molecular weight excluding hydrogens is 394 g/mol. The smallest absolute Gasteiger partial charge is 0.325 e. The first-order chi connectivity index (χ1) is 14.0. The molecule has 1 amide bonds. The summed E-state index contributed by atoms with van der Waals surface area (Å²) in [6, 6.07) is 12.8. The molecular formula is C21H25NO6S. The summed E-state index contributed by atoms with van der Waals surface area (Å²) in [6.07, 6.45) is 0. The highest BCUT2D eigenvalue weighted by molar-refractivity contribution is 8.00. The van der Waals surface area contributed by atoms with Gasteiger partial charge in [-0.3, -0.25) is 9.59 Å². The largest absolute Gasteiger partial charge is 0.497 e. The number of hydrogen-bond donors (Lipinski definition) is 0. The molecule has 29 heavy (non-hydrogen) atoms. The van der Waals surface area contributed by atoms with Gasteiger partial charge in [0.1, 0.15) is 23.8 Å². The van der Waals surface area contributed by atoms with Gasteiger partial charge in [-0.2, -0.15) is 0 Å². The van der Waals surface area contributed by atoms with Crippen LogP contribution in [-0.4, -0.2) is 57.5 Å². The molecule has 0 aliphatic heterocycles. The molecule has 2 rings (SSSR count). The Bertz CT molecular complexity index is 802. The quantitative estimate of drug-likeness (QED) is 0.433. The van der Waals surface area contributed by atoms with Gasteiger partial charge in [-0.15, -0.1) is 11.8 Å². The number of rotatable bonds is 10. The predicted octanol–water partition coefficient (Wildman–Crippen LogP) is 3.01. The first kappa shape index (κ1) is 22.4. The molecule has 2 aromatic carbocycles. The Morgan fingerprint density at radius 2 is 1.45 bits per heavy atom. The number of ether oxygens (including phenoxy) is 4. The number of esters is 1. The average Bonchev–Trinajstić information content (AvgIpc) is 2.76. The van der Waals surface area contributed by atoms with Crippen LogP contribution in [0, 0.1) is 0 Å². The highest BCUT2D eigenvalue weighted by Crippen LogP contribution is 2.25. The van der Waals surface area contributed by atoms with E-state index in [4.69, 9.17) is 18.9 Å². The molecule has 0 unspecified atom stereocenters. The Morgan fingerprint density at radius 1 is 0.862 bits per heavy atom. The summed E-state index contributed by atoms with van der Waals surface area (Å²) in [6.45, 7) is 0.0860. The summed E-state index contributed by atoms with van der Waals surface area (Å²) in [7, 11) is 6.01. The minimum Gasteiger partial charge on any atom is -0.497 e. The van der Waals surface area contributed by atoms with Crippen LogP contribution in [0.25, 0.3) is 0 Å². The van der Waals surface area contributed by atoms with Gasteiger partial charge in [-0.05, 0) is 42.0 Å². The number of nitrogens with zero attached hydrogens (tertiary/aromatic N) is 1. The SMILES string of the molecule is COC(=O)CN(Cc1cc(OC)cc(OC)c1)C(=O)CSc1ccc(OC)cc1. The molecule has 0 atom stereocenters. The molecule has 0 N–H and O–H groups in total. The van der Waals surface area contributed by atoms with E-state index in [1.54, 1.807) is 39.5 Å². The van der Waals surface area contributed by atoms with Gasteiger partial charge in [0.15, 0.2) is 0 Å². The van der Waals surface area contributed by atoms with Gasteiger partial charge in [0.2, 0.25) is 5.91 Å². The summed E-state index contributed by atoms with van der Waals surface area (Å²) < 4.78 is 20.4. The second kappa shape index (κ2) is 11.2. The van der Waals surface area contributed by atoms with Crippen molar-refractivity contribution in [2.24, 2.45) is 0 Å². The first-order valence-corrected chi connectivity index (χ1v) is 9.81. The molecule has 8 heteroatoms. The molecule has 0 aliphatic carbocycles. The van der Waals surface area contributed by atoms with Crippen molar-refractivity contribution in [3.8, 4) is 17.2 Å². The van der Waals surface area contributed by atoms with E-state index in [0.717, 1.165) is 16.2 Å². The number of carbonyl (C=O) groups is 2. The minimum atomic E-state index is -0.484. The van der Waals surface area contributed by atoms with Crippen LogP contribution in [0.15, 0.2) is 47.4 Å². The summed E-state index contributed by atoms with van der Waals surface area (Å²) in [5.74, 6) is 1.49. The number of hydrogen-bond acceptors (Lipinski definition) is 7. The molecule has 0 aliphatic rings. The van der Waals surface area contributed by atoms with E-state index in [1.807, 2.05) is 24.3 Å². The molecule has 0 aromatic heterocycles. The monoisotopic (exact) mass is 419 g/mol. The maximum atomic E-state index is 12.8. The van der Waals surface area contributed by atoms with E-state index in [0.29, 0.717) is 11.5 Å². The lowest BCUT2D eigenvalue weighted by Gasteiger charge is -2.22. The molecule has 7 nitrogen and oxygen atoms in total. The summed E-state index contributed by atoms with van der Waals surface area (Å²) in [5, 5.41) is 0. The molecule has 0 heterocycles. The van der Waals surface area contributed by atoms with E-state index in [2.05, 4.69) is 0 Å². The maximum Gasteiger partial charge on any atom is 0.325 e. The Balaban J connectivity index is 2.11. The first-order valence-electron chi connectivity index (χ1n) is 8.82. The predicted molar refractivity (Wildman–Crippen MR) is 111 cm³/mol. The lowest BCUT2D eigenvalue weighted by atomic mass is 10.2. The lowest BCUT2D eigenvalue weighted by molar-refractivity contribution is -0.146. The third kappa shape index (κ3) is 6.90. The zero-order valence-electron chi connectivity index (χ0n) is 17.0. The van der Waals surface area contributed by atoms with Crippen molar-refractivity contribution in [3.63, 3.8) is 0 Å². The van der Waals surface area contributed by atoms with E-state index in [1.165, 1.54) is 23.8 Å². The van der Waals surface area contributed by atoms with Gasteiger partial charge < -0.3 is 23.8 Å². The molecule has 0 saturated carbocycles. The Hall–Kier alpha value is -2.87. The fraction of sp³-hybridized carbons (Fsp3) is 0.333. The number of amides is 1. The van der Waals surface area contributed by atoms with Crippen molar-refractivity contribution in [2.45, 2.75) is 11.4 Å². The highest BCUT2D eigenvalue weighted by atomic mass is 32.2. The fourth-order valence-corrected chi connectivity index (χ4v) is 3.34. The van der Waals surface area contributed by atoms with Gasteiger partial charge in [0, 0.05) is 17.5 Å². The maximum absolute atomic E-state index is 12.8. The van der Waals surface area contributed by atoms with Crippen LogP contribution in [0.1, 0.15) is 5.56 Å². The molecule has 2 aromatic rings. The topological polar surface area (TPSA) is 74.3 Å². The van der Waals surface area contributed by atoms with E-state index >= 15 is 0 Å². The van der Waals surface area contributed by atoms with Crippen molar-refractivity contribution >= 4 is 23.6 Å². The second-order valence-corrected chi connectivity index (χ2v) is 7.06. The molecule has 0 bridgehead atoms. The van der Waals surface area contributed by atoms with Crippen molar-refractivity contribution in [2.75, 3.05) is 40.7 Å². The van der Waals surface area contributed by atoms with E-state index in [-0.39, 0.29) is 24.7 Å². The Labute approximate surface area is 174 Å². The van der Waals surface area contributed by atoms with Crippen LogP contribution < -0.4 is 14.2 Å². The number of thioether (sulfide) groups is 1. The standard InChI is InChI=1S/C21H25NO6S/c1-25-16-5-7-19(8-6-16)29-14-20(23)22(13-21(24)28-4)12-15-9-17(26-2)11-18(10-15)27-3/h5-11H,12-14H2,1-4H3. The van der Waals surface area contributed by atoms with Crippen molar-refractivity contribution in [1.29, 1.82) is 0 Å². The van der Waals surface area contributed by atoms with Crippen LogP contribution in [0.4, 0.5) is 0 Å². The van der Waals surface area contributed by atoms with Crippen LogP contribution in [-0.2, 0) is 20.9 Å². The molecule has 0 spiro atoms. The number of benzene rings is 2. The van der Waals surface area contributed by atoms with Gasteiger partial charge in [-0.1, -0.05) is 0 Å². The van der Waals surface area contributed by atoms with Crippen LogP contribution in [0.2, 0.25) is 0 Å². The van der Waals surface area contributed by atoms with Crippen molar-refractivity contribution in [1.82, 2.24) is 4.90 Å². The van der Waals surface area contributed by atoms with Crippen LogP contribution in [0.5, 0.6) is 17.2 Å². The van der Waals surface area contributed by atoms with Gasteiger partial charge >= 0.3 is 5.97 Å². The highest BCUT2D eigenvalue weighted by Gasteiger charge is 2.19. The van der Waals surface area contributed by atoms with E-state index in [9.17, 15) is 9.59 Å². The van der Waals surface area contributed by atoms with Gasteiger partial charge in [-0.25, -0.2) is 0 Å². The minimum absolute atomic E-state index is 0.141. The van der Waals surface area contributed by atoms with Crippen LogP contribution >= 0.6 is 11.8 Å². The summed E-state index contributed by atoms with van der Waals surface area (Å²) in [4.78, 5) is 27.0. The molecule has 156 valence electrons. The molecule has 0 saturated heterocycles. The zero-order valence-corrected chi connectivity index (χ0v) is 17.8. The zero-order chi connectivity index (χ0) is 21.2. The fourth-order valence-electron chi connectivity index (χ4n) is 2.54. The van der Waals surface area contributed by atoms with Crippen molar-refractivity contribution in [3.05, 3.63) is 48.0 Å². The number of methoxy groups -OCH3 is 4. The normalized spacial score (nSPS) is 10.2. The summed E-state index contributed by atoms with van der Waals surface area (Å²) in [5.41, 5.74) is 0.785. The molecule has 0 fully saturated rings.